The Kier molecular flexibility index (Phi) is 5.76. The van der Waals surface area contributed by atoms with Crippen molar-refractivity contribution in [2.24, 2.45) is 0 Å². The van der Waals surface area contributed by atoms with E-state index in [0.29, 0.717) is 28.4 Å². The molecule has 6 nitrogen and oxygen atoms in total. The number of amides is 1. The van der Waals surface area contributed by atoms with Crippen LogP contribution in [0.4, 0.5) is 11.4 Å². The molecule has 0 radical (unpaired) electrons. The van der Waals surface area contributed by atoms with Crippen LogP contribution in [0.3, 0.4) is 0 Å². The van der Waals surface area contributed by atoms with E-state index in [2.05, 4.69) is 5.32 Å². The third-order valence-electron chi connectivity index (χ3n) is 3.50. The minimum absolute atomic E-state index is 0.0448. The lowest BCUT2D eigenvalue weighted by Crippen LogP contribution is -2.32. The maximum absolute atomic E-state index is 12.4. The quantitative estimate of drug-likeness (QED) is 0.621. The zero-order valence-electron chi connectivity index (χ0n) is 13.3. The molecule has 0 saturated heterocycles. The molecule has 0 aromatic heterocycles. The molecule has 0 bridgehead atoms. The first-order valence-corrected chi connectivity index (χ1v) is 7.77. The number of benzene rings is 2. The highest BCUT2D eigenvalue weighted by molar-refractivity contribution is 6.30. The highest BCUT2D eigenvalue weighted by atomic mass is 35.5. The number of nitrogens with one attached hydrogen (secondary N) is 1. The van der Waals surface area contributed by atoms with Crippen LogP contribution in [0.1, 0.15) is 18.9 Å². The average molecular weight is 349 g/mol. The fraction of sp³-hybridized carbons (Fsp3) is 0.235. The van der Waals surface area contributed by atoms with Crippen LogP contribution in [-0.4, -0.2) is 16.9 Å². The smallest absolute Gasteiger partial charge is 0.274 e. The van der Waals surface area contributed by atoms with Crippen molar-refractivity contribution in [1.82, 2.24) is 0 Å². The largest absolute Gasteiger partial charge is 0.481 e. The van der Waals surface area contributed by atoms with E-state index in [1.807, 2.05) is 6.92 Å². The molecular weight excluding hydrogens is 332 g/mol. The number of carbonyl (C=O) groups is 1. The van der Waals surface area contributed by atoms with Crippen molar-refractivity contribution in [3.05, 3.63) is 63.2 Å². The summed E-state index contributed by atoms with van der Waals surface area (Å²) in [5.74, 6) is 0.112. The van der Waals surface area contributed by atoms with Gasteiger partial charge in [-0.15, -0.1) is 0 Å². The second-order valence-corrected chi connectivity index (χ2v) is 5.60. The Hall–Kier alpha value is -2.60. The van der Waals surface area contributed by atoms with Crippen LogP contribution in [0, 0.1) is 17.0 Å². The van der Waals surface area contributed by atoms with Crippen molar-refractivity contribution in [3.63, 3.8) is 0 Å². The van der Waals surface area contributed by atoms with Crippen LogP contribution < -0.4 is 10.1 Å². The molecule has 0 spiro atoms. The fourth-order valence-electron chi connectivity index (χ4n) is 2.20. The molecule has 0 aliphatic carbocycles. The molecule has 1 N–H and O–H groups in total. The summed E-state index contributed by atoms with van der Waals surface area (Å²) in [5.41, 5.74) is 0.743. The highest BCUT2D eigenvalue weighted by Crippen LogP contribution is 2.26. The lowest BCUT2D eigenvalue weighted by molar-refractivity contribution is -0.385. The Morgan fingerprint density at radius 2 is 2.04 bits per heavy atom. The Labute approximate surface area is 144 Å². The van der Waals surface area contributed by atoms with E-state index in [9.17, 15) is 14.9 Å². The third-order valence-corrected chi connectivity index (χ3v) is 3.73. The first kappa shape index (κ1) is 17.7. The third kappa shape index (κ3) is 4.23. The van der Waals surface area contributed by atoms with E-state index in [1.54, 1.807) is 37.3 Å². The molecule has 2 rings (SSSR count). The lowest BCUT2D eigenvalue weighted by Gasteiger charge is -2.18. The van der Waals surface area contributed by atoms with Crippen LogP contribution in [-0.2, 0) is 4.79 Å². The molecule has 0 fully saturated rings. The summed E-state index contributed by atoms with van der Waals surface area (Å²) < 4.78 is 5.67. The van der Waals surface area contributed by atoms with Gasteiger partial charge in [-0.3, -0.25) is 14.9 Å². The molecule has 2 aromatic rings. The zero-order valence-corrected chi connectivity index (χ0v) is 14.0. The van der Waals surface area contributed by atoms with Gasteiger partial charge in [0, 0.05) is 11.1 Å². The molecule has 0 unspecified atom stereocenters. The molecule has 1 atom stereocenters. The number of ether oxygens (including phenoxy) is 1. The molecule has 0 aliphatic heterocycles. The molecule has 1 amide bonds. The molecule has 0 saturated carbocycles. The van der Waals surface area contributed by atoms with Gasteiger partial charge in [-0.2, -0.15) is 0 Å². The Balaban J connectivity index is 2.15. The maximum atomic E-state index is 12.4. The normalized spacial score (nSPS) is 11.6. The molecule has 0 heterocycles. The van der Waals surface area contributed by atoms with Gasteiger partial charge >= 0.3 is 0 Å². The fourth-order valence-corrected chi connectivity index (χ4v) is 2.38. The maximum Gasteiger partial charge on any atom is 0.274 e. The van der Waals surface area contributed by atoms with Crippen LogP contribution in [0.25, 0.3) is 0 Å². The number of nitro groups is 1. The summed E-state index contributed by atoms with van der Waals surface area (Å²) in [4.78, 5) is 22.9. The lowest BCUT2D eigenvalue weighted by atomic mass is 10.1. The van der Waals surface area contributed by atoms with Crippen molar-refractivity contribution in [3.8, 4) is 5.75 Å². The van der Waals surface area contributed by atoms with Gasteiger partial charge in [-0.25, -0.2) is 0 Å². The van der Waals surface area contributed by atoms with Crippen molar-refractivity contribution < 1.29 is 14.5 Å². The molecular formula is C17H17ClN2O4. The van der Waals surface area contributed by atoms with Gasteiger partial charge in [0.15, 0.2) is 6.10 Å². The monoisotopic (exact) mass is 348 g/mol. The SMILES string of the molecule is CC[C@H](Oc1cccc(Cl)c1)C(=O)Nc1cccc([N+](=O)[O-])c1C. The van der Waals surface area contributed by atoms with E-state index in [1.165, 1.54) is 12.1 Å². The number of rotatable bonds is 6. The summed E-state index contributed by atoms with van der Waals surface area (Å²) in [7, 11) is 0. The minimum atomic E-state index is -0.734. The molecule has 2 aromatic carbocycles. The van der Waals surface area contributed by atoms with Crippen molar-refractivity contribution >= 4 is 28.9 Å². The summed E-state index contributed by atoms with van der Waals surface area (Å²) in [5, 5.41) is 14.2. The summed E-state index contributed by atoms with van der Waals surface area (Å²) in [6.07, 6.45) is -0.297. The number of nitro benzene ring substituents is 1. The van der Waals surface area contributed by atoms with Crippen LogP contribution >= 0.6 is 11.6 Å². The van der Waals surface area contributed by atoms with Crippen molar-refractivity contribution in [2.45, 2.75) is 26.4 Å². The molecule has 7 heteroatoms. The first-order chi connectivity index (χ1) is 11.4. The van der Waals surface area contributed by atoms with Crippen molar-refractivity contribution in [2.75, 3.05) is 5.32 Å². The number of nitrogens with zero attached hydrogens (tertiary/aromatic N) is 1. The van der Waals surface area contributed by atoms with Crippen LogP contribution in [0.2, 0.25) is 5.02 Å². The second-order valence-electron chi connectivity index (χ2n) is 5.17. The van der Waals surface area contributed by atoms with Gasteiger partial charge in [0.2, 0.25) is 0 Å². The predicted molar refractivity (Wildman–Crippen MR) is 92.6 cm³/mol. The zero-order chi connectivity index (χ0) is 17.7. The molecule has 0 aliphatic rings. The Bertz CT molecular complexity index is 764. The van der Waals surface area contributed by atoms with E-state index in [4.69, 9.17) is 16.3 Å². The Morgan fingerprint density at radius 1 is 1.33 bits per heavy atom. The second kappa shape index (κ2) is 7.79. The Morgan fingerprint density at radius 3 is 2.67 bits per heavy atom. The van der Waals surface area contributed by atoms with Gasteiger partial charge in [-0.05, 0) is 37.6 Å². The average Bonchev–Trinajstić information content (AvgIpc) is 2.54. The topological polar surface area (TPSA) is 81.5 Å². The van der Waals surface area contributed by atoms with Crippen LogP contribution in [0.5, 0.6) is 5.75 Å². The predicted octanol–water partition coefficient (Wildman–Crippen LogP) is 4.35. The molecule has 24 heavy (non-hydrogen) atoms. The van der Waals surface area contributed by atoms with Gasteiger partial charge in [0.05, 0.1) is 16.2 Å². The number of hydrogen-bond donors (Lipinski definition) is 1. The first-order valence-electron chi connectivity index (χ1n) is 7.39. The molecule has 126 valence electrons. The van der Waals surface area contributed by atoms with Gasteiger partial charge < -0.3 is 10.1 Å². The summed E-state index contributed by atoms with van der Waals surface area (Å²) >= 11 is 5.90. The number of halogens is 1. The minimum Gasteiger partial charge on any atom is -0.481 e. The summed E-state index contributed by atoms with van der Waals surface area (Å²) in [6, 6.07) is 11.3. The van der Waals surface area contributed by atoms with Crippen LogP contribution in [0.15, 0.2) is 42.5 Å². The van der Waals surface area contributed by atoms with Gasteiger partial charge in [0.1, 0.15) is 5.75 Å². The van der Waals surface area contributed by atoms with Gasteiger partial charge in [-0.1, -0.05) is 30.7 Å². The van der Waals surface area contributed by atoms with E-state index in [0.717, 1.165) is 0 Å². The number of hydrogen-bond acceptors (Lipinski definition) is 4. The van der Waals surface area contributed by atoms with E-state index >= 15 is 0 Å². The van der Waals surface area contributed by atoms with E-state index in [-0.39, 0.29) is 11.6 Å². The standard InChI is InChI=1S/C17H17ClN2O4/c1-3-16(24-13-7-4-6-12(18)10-13)17(21)19-14-8-5-9-15(11(14)2)20(22)23/h4-10,16H,3H2,1-2H3,(H,19,21)/t16-/m0/s1. The van der Waals surface area contributed by atoms with Crippen molar-refractivity contribution in [1.29, 1.82) is 0 Å². The number of anilines is 1. The summed E-state index contributed by atoms with van der Waals surface area (Å²) in [6.45, 7) is 3.40. The van der Waals surface area contributed by atoms with E-state index < -0.39 is 11.0 Å². The highest BCUT2D eigenvalue weighted by Gasteiger charge is 2.21. The van der Waals surface area contributed by atoms with Gasteiger partial charge in [0.25, 0.3) is 11.6 Å². The number of carbonyl (C=O) groups excluding carboxylic acids is 1.